The quantitative estimate of drug-likeness (QED) is 0.458. The maximum absolute atomic E-state index is 12.1. The van der Waals surface area contributed by atoms with Crippen molar-refractivity contribution in [1.82, 2.24) is 19.9 Å². The lowest BCUT2D eigenvalue weighted by Gasteiger charge is -2.12. The van der Waals surface area contributed by atoms with Crippen LogP contribution in [0.25, 0.3) is 11.0 Å². The van der Waals surface area contributed by atoms with Gasteiger partial charge in [-0.2, -0.15) is 0 Å². The third kappa shape index (κ3) is 5.80. The topological polar surface area (TPSA) is 104 Å². The van der Waals surface area contributed by atoms with Gasteiger partial charge in [0.1, 0.15) is 24.6 Å². The number of pyridine rings is 1. The molecule has 0 fully saturated rings. The van der Waals surface area contributed by atoms with E-state index in [0.717, 1.165) is 34.6 Å². The SMILES string of the molecule is CCOCc1nc2c(N)nc(C)c(C)c2n1CCCNC(=O)COCc1ccccc1. The molecule has 3 N–H and O–H groups in total. The Balaban J connectivity index is 1.56. The number of nitrogens with zero attached hydrogens (tertiary/aromatic N) is 3. The zero-order valence-corrected chi connectivity index (χ0v) is 18.5. The minimum atomic E-state index is -0.124. The third-order valence-electron chi connectivity index (χ3n) is 5.14. The van der Waals surface area contributed by atoms with E-state index in [2.05, 4.69) is 19.9 Å². The molecule has 8 heteroatoms. The van der Waals surface area contributed by atoms with Crippen LogP contribution in [0.1, 0.15) is 36.0 Å². The summed E-state index contributed by atoms with van der Waals surface area (Å²) in [5.74, 6) is 1.12. The standard InChI is InChI=1S/C23H31N5O3/c1-4-30-14-19-27-21-22(16(2)17(3)26-23(21)24)28(19)12-8-11-25-20(29)15-31-13-18-9-6-5-7-10-18/h5-7,9-10H,4,8,11-15H2,1-3H3,(H2,24,26)(H,25,29). The number of amides is 1. The van der Waals surface area contributed by atoms with Gasteiger partial charge in [0.05, 0.1) is 12.1 Å². The maximum atomic E-state index is 12.1. The molecule has 8 nitrogen and oxygen atoms in total. The summed E-state index contributed by atoms with van der Waals surface area (Å²) in [4.78, 5) is 21.1. The number of nitrogen functional groups attached to an aromatic ring is 1. The summed E-state index contributed by atoms with van der Waals surface area (Å²) < 4.78 is 13.2. The van der Waals surface area contributed by atoms with Crippen molar-refractivity contribution in [3.05, 3.63) is 53.0 Å². The van der Waals surface area contributed by atoms with Crippen LogP contribution in [0.3, 0.4) is 0 Å². The van der Waals surface area contributed by atoms with Crippen LogP contribution in [-0.4, -0.2) is 40.2 Å². The number of imidazole rings is 1. The predicted molar refractivity (Wildman–Crippen MR) is 120 cm³/mol. The number of ether oxygens (including phenoxy) is 2. The molecule has 3 rings (SSSR count). The van der Waals surface area contributed by atoms with E-state index in [9.17, 15) is 4.79 Å². The number of carbonyl (C=O) groups is 1. The second-order valence-corrected chi connectivity index (χ2v) is 7.40. The van der Waals surface area contributed by atoms with Gasteiger partial charge in [-0.05, 0) is 38.3 Å². The number of anilines is 1. The molecule has 3 aromatic rings. The van der Waals surface area contributed by atoms with Crippen molar-refractivity contribution in [2.75, 3.05) is 25.5 Å². The average Bonchev–Trinajstić information content (AvgIpc) is 3.13. The smallest absolute Gasteiger partial charge is 0.246 e. The Hall–Kier alpha value is -2.97. The average molecular weight is 426 g/mol. The normalized spacial score (nSPS) is 11.2. The van der Waals surface area contributed by atoms with Crippen LogP contribution in [-0.2, 0) is 34.0 Å². The second kappa shape index (κ2) is 10.9. The molecule has 0 aliphatic carbocycles. The van der Waals surface area contributed by atoms with E-state index in [0.29, 0.717) is 44.2 Å². The Bertz CT molecular complexity index is 1020. The first-order chi connectivity index (χ1) is 15.0. The Morgan fingerprint density at radius 2 is 1.90 bits per heavy atom. The number of hydrogen-bond acceptors (Lipinski definition) is 6. The van der Waals surface area contributed by atoms with Gasteiger partial charge in [-0.1, -0.05) is 30.3 Å². The lowest BCUT2D eigenvalue weighted by molar-refractivity contribution is -0.126. The van der Waals surface area contributed by atoms with Crippen molar-refractivity contribution < 1.29 is 14.3 Å². The number of nitrogens with two attached hydrogens (primary N) is 1. The fourth-order valence-electron chi connectivity index (χ4n) is 3.44. The van der Waals surface area contributed by atoms with Crippen LogP contribution in [0.15, 0.2) is 30.3 Å². The van der Waals surface area contributed by atoms with Crippen LogP contribution >= 0.6 is 0 Å². The van der Waals surface area contributed by atoms with Crippen LogP contribution in [0.2, 0.25) is 0 Å². The molecular formula is C23H31N5O3. The maximum Gasteiger partial charge on any atom is 0.246 e. The van der Waals surface area contributed by atoms with Gasteiger partial charge >= 0.3 is 0 Å². The summed E-state index contributed by atoms with van der Waals surface area (Å²) in [6.45, 7) is 8.63. The molecule has 0 aliphatic heterocycles. The highest BCUT2D eigenvalue weighted by Crippen LogP contribution is 2.26. The van der Waals surface area contributed by atoms with Crippen molar-refractivity contribution in [2.24, 2.45) is 0 Å². The molecule has 0 unspecified atom stereocenters. The highest BCUT2D eigenvalue weighted by atomic mass is 16.5. The highest BCUT2D eigenvalue weighted by Gasteiger charge is 2.17. The number of aromatic nitrogens is 3. The van der Waals surface area contributed by atoms with E-state index in [-0.39, 0.29) is 12.5 Å². The number of hydrogen-bond donors (Lipinski definition) is 2. The molecule has 2 aromatic heterocycles. The summed E-state index contributed by atoms with van der Waals surface area (Å²) in [6.07, 6.45) is 0.746. The van der Waals surface area contributed by atoms with E-state index < -0.39 is 0 Å². The Morgan fingerprint density at radius 1 is 1.13 bits per heavy atom. The van der Waals surface area contributed by atoms with E-state index in [1.807, 2.05) is 51.1 Å². The second-order valence-electron chi connectivity index (χ2n) is 7.40. The number of rotatable bonds is 11. The molecule has 0 saturated heterocycles. The molecule has 2 heterocycles. The third-order valence-corrected chi connectivity index (χ3v) is 5.14. The first-order valence-corrected chi connectivity index (χ1v) is 10.6. The van der Waals surface area contributed by atoms with E-state index in [1.165, 1.54) is 0 Å². The number of aryl methyl sites for hydroxylation is 3. The van der Waals surface area contributed by atoms with Crippen molar-refractivity contribution in [3.63, 3.8) is 0 Å². The zero-order valence-electron chi connectivity index (χ0n) is 18.5. The fraction of sp³-hybridized carbons (Fsp3) is 0.435. The molecule has 1 amide bonds. The first-order valence-electron chi connectivity index (χ1n) is 10.6. The molecule has 0 radical (unpaired) electrons. The Labute approximate surface area is 182 Å². The summed E-state index contributed by atoms with van der Waals surface area (Å²) in [5.41, 5.74) is 10.8. The van der Waals surface area contributed by atoms with Crippen LogP contribution in [0.5, 0.6) is 0 Å². The number of nitrogens with one attached hydrogen (secondary N) is 1. The van der Waals surface area contributed by atoms with Gasteiger partial charge in [-0.3, -0.25) is 4.79 Å². The molecule has 166 valence electrons. The molecule has 0 aliphatic rings. The van der Waals surface area contributed by atoms with Crippen molar-refractivity contribution >= 4 is 22.8 Å². The molecule has 0 spiro atoms. The predicted octanol–water partition coefficient (Wildman–Crippen LogP) is 2.89. The van der Waals surface area contributed by atoms with Crippen molar-refractivity contribution in [1.29, 1.82) is 0 Å². The van der Waals surface area contributed by atoms with Crippen molar-refractivity contribution in [3.8, 4) is 0 Å². The van der Waals surface area contributed by atoms with Gasteiger partial charge in [0.15, 0.2) is 5.82 Å². The molecule has 31 heavy (non-hydrogen) atoms. The van der Waals surface area contributed by atoms with Crippen LogP contribution < -0.4 is 11.1 Å². The van der Waals surface area contributed by atoms with Crippen LogP contribution in [0, 0.1) is 13.8 Å². The Kier molecular flexibility index (Phi) is 7.97. The van der Waals surface area contributed by atoms with Gasteiger partial charge in [-0.15, -0.1) is 0 Å². The van der Waals surface area contributed by atoms with Gasteiger partial charge < -0.3 is 25.1 Å². The lowest BCUT2D eigenvalue weighted by Crippen LogP contribution is -2.29. The first kappa shape index (κ1) is 22.7. The van der Waals surface area contributed by atoms with Crippen LogP contribution in [0.4, 0.5) is 5.82 Å². The molecule has 0 saturated carbocycles. The van der Waals surface area contributed by atoms with Gasteiger partial charge in [-0.25, -0.2) is 9.97 Å². The minimum absolute atomic E-state index is 0.0407. The fourth-order valence-corrected chi connectivity index (χ4v) is 3.44. The van der Waals surface area contributed by atoms with Crippen molar-refractivity contribution in [2.45, 2.75) is 47.0 Å². The molecular weight excluding hydrogens is 394 g/mol. The van der Waals surface area contributed by atoms with Gasteiger partial charge in [0, 0.05) is 25.4 Å². The molecule has 1 aromatic carbocycles. The highest BCUT2D eigenvalue weighted by molar-refractivity contribution is 5.88. The largest absolute Gasteiger partial charge is 0.382 e. The summed E-state index contributed by atoms with van der Waals surface area (Å²) in [5, 5.41) is 2.91. The summed E-state index contributed by atoms with van der Waals surface area (Å²) in [7, 11) is 0. The van der Waals surface area contributed by atoms with E-state index in [1.54, 1.807) is 0 Å². The van der Waals surface area contributed by atoms with Gasteiger partial charge in [0.25, 0.3) is 0 Å². The summed E-state index contributed by atoms with van der Waals surface area (Å²) in [6, 6.07) is 9.79. The number of fused-ring (bicyclic) bond motifs is 1. The number of carbonyl (C=O) groups excluding carboxylic acids is 1. The molecule has 0 atom stereocenters. The van der Waals surface area contributed by atoms with E-state index >= 15 is 0 Å². The number of benzene rings is 1. The Morgan fingerprint density at radius 3 is 2.65 bits per heavy atom. The monoisotopic (exact) mass is 425 g/mol. The van der Waals surface area contributed by atoms with E-state index in [4.69, 9.17) is 15.2 Å². The minimum Gasteiger partial charge on any atom is -0.382 e. The summed E-state index contributed by atoms with van der Waals surface area (Å²) >= 11 is 0. The zero-order chi connectivity index (χ0) is 22.2. The molecule has 0 bridgehead atoms. The lowest BCUT2D eigenvalue weighted by atomic mass is 10.2. The van der Waals surface area contributed by atoms with Gasteiger partial charge in [0.2, 0.25) is 5.91 Å².